The van der Waals surface area contributed by atoms with Crippen LogP contribution >= 0.6 is 0 Å². The van der Waals surface area contributed by atoms with Gasteiger partial charge in [0.1, 0.15) is 5.82 Å². The van der Waals surface area contributed by atoms with Crippen LogP contribution in [-0.2, 0) is 4.74 Å². The number of methoxy groups -OCH3 is 1. The van der Waals surface area contributed by atoms with Gasteiger partial charge in [-0.3, -0.25) is 0 Å². The highest BCUT2D eigenvalue weighted by Gasteiger charge is 2.24. The van der Waals surface area contributed by atoms with Crippen LogP contribution in [0.3, 0.4) is 0 Å². The topological polar surface area (TPSA) is 67.3 Å². The number of nitrogens with zero attached hydrogens (tertiary/aromatic N) is 3. The lowest BCUT2D eigenvalue weighted by Crippen LogP contribution is -2.42. The van der Waals surface area contributed by atoms with E-state index in [0.717, 1.165) is 35.1 Å². The highest BCUT2D eigenvalue weighted by atomic mass is 16.5. The normalized spacial score (nSPS) is 14.9. The summed E-state index contributed by atoms with van der Waals surface area (Å²) in [6, 6.07) is 18.3. The van der Waals surface area contributed by atoms with Crippen LogP contribution in [0, 0.1) is 0 Å². The number of anilines is 1. The largest absolute Gasteiger partial charge is 0.453 e. The van der Waals surface area contributed by atoms with Crippen molar-refractivity contribution in [2.75, 3.05) is 25.5 Å². The van der Waals surface area contributed by atoms with Crippen molar-refractivity contribution in [3.05, 3.63) is 54.6 Å². The van der Waals surface area contributed by atoms with Crippen molar-refractivity contribution in [2.45, 2.75) is 18.9 Å². The fourth-order valence-corrected chi connectivity index (χ4v) is 3.43. The van der Waals surface area contributed by atoms with E-state index in [1.807, 2.05) is 54.6 Å². The van der Waals surface area contributed by atoms with Crippen molar-refractivity contribution in [3.63, 3.8) is 0 Å². The van der Waals surface area contributed by atoms with E-state index in [-0.39, 0.29) is 12.1 Å². The van der Waals surface area contributed by atoms with Gasteiger partial charge in [-0.2, -0.15) is 0 Å². The summed E-state index contributed by atoms with van der Waals surface area (Å²) in [7, 11) is 1.42. The van der Waals surface area contributed by atoms with E-state index in [4.69, 9.17) is 14.7 Å². The third kappa shape index (κ3) is 3.69. The molecule has 4 rings (SSSR count). The average Bonchev–Trinajstić information content (AvgIpc) is 2.74. The number of hydrogen-bond donors (Lipinski definition) is 1. The highest BCUT2D eigenvalue weighted by Crippen LogP contribution is 2.26. The summed E-state index contributed by atoms with van der Waals surface area (Å²) in [4.78, 5) is 22.9. The number of rotatable bonds is 3. The van der Waals surface area contributed by atoms with Gasteiger partial charge < -0.3 is 15.0 Å². The number of benzene rings is 2. The van der Waals surface area contributed by atoms with Crippen molar-refractivity contribution < 1.29 is 9.53 Å². The molecule has 3 aromatic rings. The lowest BCUT2D eigenvalue weighted by Gasteiger charge is -2.31. The van der Waals surface area contributed by atoms with Crippen LogP contribution in [0.2, 0.25) is 0 Å². The molecule has 0 spiro atoms. The first-order valence-corrected chi connectivity index (χ1v) is 9.16. The second-order valence-corrected chi connectivity index (χ2v) is 6.65. The maximum absolute atomic E-state index is 11.7. The molecule has 0 saturated carbocycles. The minimum Gasteiger partial charge on any atom is -0.453 e. The first-order chi connectivity index (χ1) is 13.2. The van der Waals surface area contributed by atoms with Crippen molar-refractivity contribution in [1.29, 1.82) is 0 Å². The number of nitrogens with one attached hydrogen (secondary N) is 1. The van der Waals surface area contributed by atoms with Crippen LogP contribution in [-0.4, -0.2) is 47.2 Å². The van der Waals surface area contributed by atoms with Crippen molar-refractivity contribution >= 4 is 22.8 Å². The highest BCUT2D eigenvalue weighted by molar-refractivity contribution is 5.90. The molecule has 1 aliphatic rings. The maximum atomic E-state index is 11.7. The Morgan fingerprint density at radius 1 is 1.04 bits per heavy atom. The van der Waals surface area contributed by atoms with Crippen LogP contribution in [0.15, 0.2) is 54.6 Å². The van der Waals surface area contributed by atoms with E-state index >= 15 is 0 Å². The molecular formula is C21H22N4O2. The van der Waals surface area contributed by atoms with Gasteiger partial charge in [0.05, 0.1) is 12.6 Å². The molecule has 1 fully saturated rings. The zero-order valence-electron chi connectivity index (χ0n) is 15.3. The fourth-order valence-electron chi connectivity index (χ4n) is 3.43. The van der Waals surface area contributed by atoms with Crippen molar-refractivity contribution in [3.8, 4) is 11.4 Å². The summed E-state index contributed by atoms with van der Waals surface area (Å²) in [5.74, 6) is 1.56. The molecule has 6 nitrogen and oxygen atoms in total. The summed E-state index contributed by atoms with van der Waals surface area (Å²) in [5.41, 5.74) is 1.91. The van der Waals surface area contributed by atoms with Gasteiger partial charge in [-0.25, -0.2) is 14.8 Å². The number of aromatic nitrogens is 2. The second-order valence-electron chi connectivity index (χ2n) is 6.65. The van der Waals surface area contributed by atoms with Gasteiger partial charge in [0.2, 0.25) is 0 Å². The van der Waals surface area contributed by atoms with E-state index in [2.05, 4.69) is 5.32 Å². The lowest BCUT2D eigenvalue weighted by atomic mass is 10.1. The minimum absolute atomic E-state index is 0.257. The van der Waals surface area contributed by atoms with Gasteiger partial charge in [-0.05, 0) is 25.0 Å². The van der Waals surface area contributed by atoms with E-state index in [9.17, 15) is 4.79 Å². The van der Waals surface area contributed by atoms with Crippen LogP contribution in [0.4, 0.5) is 10.6 Å². The molecule has 1 aromatic heterocycles. The van der Waals surface area contributed by atoms with E-state index in [0.29, 0.717) is 18.9 Å². The summed E-state index contributed by atoms with van der Waals surface area (Å²) in [6.45, 7) is 1.36. The number of carbonyl (C=O) groups is 1. The second kappa shape index (κ2) is 7.61. The molecule has 1 amide bonds. The van der Waals surface area contributed by atoms with Crippen molar-refractivity contribution in [1.82, 2.24) is 14.9 Å². The Morgan fingerprint density at radius 2 is 1.74 bits per heavy atom. The monoisotopic (exact) mass is 362 g/mol. The molecule has 2 aromatic carbocycles. The number of para-hydroxylation sites is 1. The number of amides is 1. The number of carbonyl (C=O) groups excluding carboxylic acids is 1. The smallest absolute Gasteiger partial charge is 0.409 e. The predicted octanol–water partition coefficient (Wildman–Crippen LogP) is 3.94. The minimum atomic E-state index is -0.257. The summed E-state index contributed by atoms with van der Waals surface area (Å²) < 4.78 is 4.81. The fraction of sp³-hybridized carbons (Fsp3) is 0.286. The molecule has 1 aliphatic heterocycles. The summed E-state index contributed by atoms with van der Waals surface area (Å²) in [5, 5.41) is 4.59. The molecule has 1 saturated heterocycles. The van der Waals surface area contributed by atoms with Crippen LogP contribution in [0.5, 0.6) is 0 Å². The van der Waals surface area contributed by atoms with Crippen LogP contribution in [0.25, 0.3) is 22.3 Å². The molecule has 0 bridgehead atoms. The Labute approximate surface area is 158 Å². The number of fused-ring (bicyclic) bond motifs is 1. The molecule has 0 radical (unpaired) electrons. The van der Waals surface area contributed by atoms with Gasteiger partial charge >= 0.3 is 6.09 Å². The molecule has 2 heterocycles. The van der Waals surface area contributed by atoms with Crippen LogP contribution < -0.4 is 5.32 Å². The zero-order chi connectivity index (χ0) is 18.6. The molecule has 27 heavy (non-hydrogen) atoms. The number of hydrogen-bond acceptors (Lipinski definition) is 5. The third-order valence-electron chi connectivity index (χ3n) is 4.90. The molecule has 0 atom stereocenters. The molecule has 138 valence electrons. The predicted molar refractivity (Wildman–Crippen MR) is 106 cm³/mol. The molecule has 0 aliphatic carbocycles. The average molecular weight is 362 g/mol. The van der Waals surface area contributed by atoms with Crippen LogP contribution in [0.1, 0.15) is 12.8 Å². The summed E-state index contributed by atoms with van der Waals surface area (Å²) in [6.07, 6.45) is 1.45. The standard InChI is InChI=1S/C21H22N4O2/c1-27-21(26)25-13-11-16(12-14-25)22-20-17-9-5-6-10-18(17)23-19(24-20)15-7-3-2-4-8-15/h2-10,16H,11-14H2,1H3,(H,22,23,24). The molecular weight excluding hydrogens is 340 g/mol. The van der Waals surface area contributed by atoms with E-state index in [1.165, 1.54) is 7.11 Å². The Morgan fingerprint density at radius 3 is 2.48 bits per heavy atom. The number of ether oxygens (including phenoxy) is 1. The number of piperidine rings is 1. The number of likely N-dealkylation sites (tertiary alicyclic amines) is 1. The molecule has 1 N–H and O–H groups in total. The maximum Gasteiger partial charge on any atom is 0.409 e. The first-order valence-electron chi connectivity index (χ1n) is 9.16. The van der Waals surface area contributed by atoms with Gasteiger partial charge in [-0.15, -0.1) is 0 Å². The third-order valence-corrected chi connectivity index (χ3v) is 4.90. The van der Waals surface area contributed by atoms with E-state index < -0.39 is 0 Å². The van der Waals surface area contributed by atoms with Crippen molar-refractivity contribution in [2.24, 2.45) is 0 Å². The lowest BCUT2D eigenvalue weighted by molar-refractivity contribution is 0.113. The molecule has 0 unspecified atom stereocenters. The van der Waals surface area contributed by atoms with Gasteiger partial charge in [-0.1, -0.05) is 42.5 Å². The Bertz CT molecular complexity index is 937. The Hall–Kier alpha value is -3.15. The van der Waals surface area contributed by atoms with Gasteiger partial charge in [0.15, 0.2) is 5.82 Å². The first kappa shape index (κ1) is 17.3. The Balaban J connectivity index is 1.60. The Kier molecular flexibility index (Phi) is 4.87. The molecule has 6 heteroatoms. The van der Waals surface area contributed by atoms with Gasteiger partial charge in [0, 0.05) is 30.1 Å². The quantitative estimate of drug-likeness (QED) is 0.764. The zero-order valence-corrected chi connectivity index (χ0v) is 15.3. The van der Waals surface area contributed by atoms with E-state index in [1.54, 1.807) is 4.90 Å². The summed E-state index contributed by atoms with van der Waals surface area (Å²) >= 11 is 0. The van der Waals surface area contributed by atoms with Gasteiger partial charge in [0.25, 0.3) is 0 Å². The SMILES string of the molecule is COC(=O)N1CCC(Nc2nc(-c3ccccc3)nc3ccccc23)CC1.